The van der Waals surface area contributed by atoms with Gasteiger partial charge in [0.25, 0.3) is 0 Å². The molecule has 39 heavy (non-hydrogen) atoms. The fourth-order valence-corrected chi connectivity index (χ4v) is 5.70. The average molecular weight is 557 g/mol. The van der Waals surface area contributed by atoms with Gasteiger partial charge in [-0.25, -0.2) is 26.8 Å². The van der Waals surface area contributed by atoms with Crippen molar-refractivity contribution >= 4 is 33.3 Å². The number of benzene rings is 4. The molecule has 0 atom stereocenters. The molecule has 1 aromatic heterocycles. The largest absolute Gasteiger partial charge is 0.242 e. The first-order valence-corrected chi connectivity index (χ1v) is 14.4. The van der Waals surface area contributed by atoms with E-state index in [9.17, 15) is 12.8 Å². The number of rotatable bonds is 7. The van der Waals surface area contributed by atoms with Crippen LogP contribution < -0.4 is 4.80 Å². The maximum atomic E-state index is 13.8. The topological polar surface area (TPSA) is 67.0 Å². The van der Waals surface area contributed by atoms with E-state index in [2.05, 4.69) is 29.4 Å². The molecule has 0 unspecified atom stereocenters. The Bertz CT molecular complexity index is 1810. The second-order valence-corrected chi connectivity index (χ2v) is 11.8. The van der Waals surface area contributed by atoms with Crippen LogP contribution in [0.4, 0.5) is 10.1 Å². The standard InChI is InChI=1S/C30H25FN4O2S2/c1-34(2)39(36,37)28-13-7-12-27(19-28)33-30-35(32-20-22-8-6-11-26(31)18-22)29(21-38-30)25-16-14-24(15-17-25)23-9-4-3-5-10-23/h3-21H,1-2H3/b32-20+,33-30?. The van der Waals surface area contributed by atoms with Crippen LogP contribution in [-0.4, -0.2) is 37.7 Å². The zero-order chi connectivity index (χ0) is 27.4. The lowest BCUT2D eigenvalue weighted by molar-refractivity contribution is 0.521. The lowest BCUT2D eigenvalue weighted by Crippen LogP contribution is -2.22. The molecule has 6 nitrogen and oxygen atoms in total. The Morgan fingerprint density at radius 1 is 0.821 bits per heavy atom. The summed E-state index contributed by atoms with van der Waals surface area (Å²) < 4.78 is 41.9. The first kappa shape index (κ1) is 26.4. The van der Waals surface area contributed by atoms with Crippen molar-refractivity contribution in [2.45, 2.75) is 4.90 Å². The monoisotopic (exact) mass is 556 g/mol. The third kappa shape index (κ3) is 5.96. The Balaban J connectivity index is 1.60. The van der Waals surface area contributed by atoms with Crippen molar-refractivity contribution in [3.8, 4) is 22.4 Å². The maximum Gasteiger partial charge on any atom is 0.242 e. The summed E-state index contributed by atoms with van der Waals surface area (Å²) in [4.78, 5) is 5.41. The highest BCUT2D eigenvalue weighted by Crippen LogP contribution is 2.26. The maximum absolute atomic E-state index is 13.8. The number of sulfonamides is 1. The molecule has 9 heteroatoms. The van der Waals surface area contributed by atoms with Gasteiger partial charge in [-0.3, -0.25) is 0 Å². The Morgan fingerprint density at radius 2 is 1.51 bits per heavy atom. The molecule has 0 radical (unpaired) electrons. The fourth-order valence-electron chi connectivity index (χ4n) is 3.90. The Morgan fingerprint density at radius 3 is 2.23 bits per heavy atom. The second-order valence-electron chi connectivity index (χ2n) is 8.85. The van der Waals surface area contributed by atoms with Gasteiger partial charge < -0.3 is 0 Å². The summed E-state index contributed by atoms with van der Waals surface area (Å²) in [5.74, 6) is -0.352. The average Bonchev–Trinajstić information content (AvgIpc) is 3.34. The molecule has 0 saturated heterocycles. The van der Waals surface area contributed by atoms with Crippen molar-refractivity contribution in [2.24, 2.45) is 10.1 Å². The van der Waals surface area contributed by atoms with Gasteiger partial charge in [0.05, 0.1) is 22.5 Å². The van der Waals surface area contributed by atoms with Crippen LogP contribution >= 0.6 is 11.3 Å². The minimum absolute atomic E-state index is 0.150. The highest BCUT2D eigenvalue weighted by Gasteiger charge is 2.17. The SMILES string of the molecule is CN(C)S(=O)(=O)c1cccc(N=c2scc(-c3ccc(-c4ccccc4)cc3)n2/N=C/c2cccc(F)c2)c1. The first-order valence-electron chi connectivity index (χ1n) is 12.0. The molecule has 5 aromatic rings. The Labute approximate surface area is 230 Å². The summed E-state index contributed by atoms with van der Waals surface area (Å²) in [5, 5.41) is 6.59. The van der Waals surface area contributed by atoms with Crippen LogP contribution in [0.1, 0.15) is 5.56 Å². The predicted octanol–water partition coefficient (Wildman–Crippen LogP) is 6.39. The van der Waals surface area contributed by atoms with E-state index in [-0.39, 0.29) is 10.7 Å². The number of thiazole rings is 1. The summed E-state index contributed by atoms with van der Waals surface area (Å²) in [6, 6.07) is 30.9. The zero-order valence-corrected chi connectivity index (χ0v) is 22.9. The first-order chi connectivity index (χ1) is 18.8. The molecule has 0 aliphatic heterocycles. The zero-order valence-electron chi connectivity index (χ0n) is 21.3. The van der Waals surface area contributed by atoms with Crippen LogP contribution in [0.5, 0.6) is 0 Å². The number of aromatic nitrogens is 1. The van der Waals surface area contributed by atoms with E-state index in [0.717, 1.165) is 26.7 Å². The normalized spacial score (nSPS) is 12.5. The third-order valence-electron chi connectivity index (χ3n) is 5.97. The molecule has 0 aliphatic rings. The third-order valence-corrected chi connectivity index (χ3v) is 8.59. The van der Waals surface area contributed by atoms with Crippen molar-refractivity contribution in [3.05, 3.63) is 125 Å². The van der Waals surface area contributed by atoms with Gasteiger partial charge in [-0.05, 0) is 47.0 Å². The molecule has 0 amide bonds. The number of nitrogens with zero attached hydrogens (tertiary/aromatic N) is 4. The van der Waals surface area contributed by atoms with E-state index < -0.39 is 10.0 Å². The quantitative estimate of drug-likeness (QED) is 0.218. The van der Waals surface area contributed by atoms with Gasteiger partial charge in [0.1, 0.15) is 5.82 Å². The van der Waals surface area contributed by atoms with E-state index in [1.165, 1.54) is 43.6 Å². The minimum atomic E-state index is -3.61. The van der Waals surface area contributed by atoms with E-state index >= 15 is 0 Å². The van der Waals surface area contributed by atoms with Gasteiger partial charge in [0.2, 0.25) is 14.8 Å². The molecule has 0 saturated carbocycles. The number of hydrogen-bond acceptors (Lipinski definition) is 5. The molecule has 0 fully saturated rings. The lowest BCUT2D eigenvalue weighted by Gasteiger charge is -2.11. The van der Waals surface area contributed by atoms with Gasteiger partial charge in [-0.1, -0.05) is 72.8 Å². The van der Waals surface area contributed by atoms with Gasteiger partial charge in [0, 0.05) is 25.0 Å². The van der Waals surface area contributed by atoms with Crippen molar-refractivity contribution in [1.82, 2.24) is 8.98 Å². The summed E-state index contributed by atoms with van der Waals surface area (Å²) in [6.07, 6.45) is 1.57. The molecular weight excluding hydrogens is 531 g/mol. The van der Waals surface area contributed by atoms with Crippen LogP contribution in [0.15, 0.2) is 123 Å². The van der Waals surface area contributed by atoms with Crippen molar-refractivity contribution in [1.29, 1.82) is 0 Å². The summed E-state index contributed by atoms with van der Waals surface area (Å²) in [6.45, 7) is 0. The molecule has 0 spiro atoms. The van der Waals surface area contributed by atoms with Gasteiger partial charge in [-0.15, -0.1) is 11.3 Å². The molecule has 5 rings (SSSR count). The molecule has 196 valence electrons. The Hall–Kier alpha value is -4.18. The van der Waals surface area contributed by atoms with Gasteiger partial charge in [0.15, 0.2) is 0 Å². The minimum Gasteiger partial charge on any atom is -0.220 e. The van der Waals surface area contributed by atoms with E-state index in [4.69, 9.17) is 4.99 Å². The second kappa shape index (κ2) is 11.3. The summed E-state index contributed by atoms with van der Waals surface area (Å²) in [7, 11) is -0.634. The van der Waals surface area contributed by atoms with Crippen LogP contribution in [0.2, 0.25) is 0 Å². The van der Waals surface area contributed by atoms with Crippen LogP contribution in [0, 0.1) is 5.82 Å². The highest BCUT2D eigenvalue weighted by molar-refractivity contribution is 7.89. The van der Waals surface area contributed by atoms with Crippen molar-refractivity contribution in [2.75, 3.05) is 14.1 Å². The van der Waals surface area contributed by atoms with E-state index in [1.54, 1.807) is 41.2 Å². The smallest absolute Gasteiger partial charge is 0.220 e. The van der Waals surface area contributed by atoms with Crippen LogP contribution in [0.25, 0.3) is 22.4 Å². The molecule has 4 aromatic carbocycles. The van der Waals surface area contributed by atoms with E-state index in [0.29, 0.717) is 16.1 Å². The van der Waals surface area contributed by atoms with Gasteiger partial charge >= 0.3 is 0 Å². The Kier molecular flexibility index (Phi) is 7.65. The van der Waals surface area contributed by atoms with Gasteiger partial charge in [-0.2, -0.15) is 5.10 Å². The van der Waals surface area contributed by atoms with Crippen LogP contribution in [0.3, 0.4) is 0 Å². The van der Waals surface area contributed by atoms with E-state index in [1.807, 2.05) is 35.7 Å². The van der Waals surface area contributed by atoms with Crippen molar-refractivity contribution in [3.63, 3.8) is 0 Å². The number of hydrogen-bond donors (Lipinski definition) is 0. The summed E-state index contributed by atoms with van der Waals surface area (Å²) in [5.41, 5.74) is 5.00. The summed E-state index contributed by atoms with van der Waals surface area (Å²) >= 11 is 1.37. The molecular formula is C30H25FN4O2S2. The molecule has 0 aliphatic carbocycles. The molecule has 0 bridgehead atoms. The van der Waals surface area contributed by atoms with Crippen molar-refractivity contribution < 1.29 is 12.8 Å². The molecule has 1 heterocycles. The lowest BCUT2D eigenvalue weighted by atomic mass is 10.0. The number of halogens is 1. The predicted molar refractivity (Wildman–Crippen MR) is 155 cm³/mol. The molecule has 0 N–H and O–H groups in total. The van der Waals surface area contributed by atoms with Crippen LogP contribution in [-0.2, 0) is 10.0 Å². The highest BCUT2D eigenvalue weighted by atomic mass is 32.2. The fraction of sp³-hybridized carbons (Fsp3) is 0.0667.